The Bertz CT molecular complexity index is 1790. The summed E-state index contributed by atoms with van der Waals surface area (Å²) >= 11 is 0. The Hall–Kier alpha value is -3.16. The van der Waals surface area contributed by atoms with Gasteiger partial charge in [0, 0.05) is 12.3 Å². The highest BCUT2D eigenvalue weighted by molar-refractivity contribution is 7.47. The summed E-state index contributed by atoms with van der Waals surface area (Å²) in [4.78, 5) is 45.8. The Morgan fingerprint density at radius 1 is 0.791 bits per heavy atom. The summed E-state index contributed by atoms with van der Waals surface area (Å²) in [5.41, 5.74) is 13.0. The van der Waals surface area contributed by atoms with Crippen molar-refractivity contribution in [3.05, 3.63) is 25.3 Å². The van der Waals surface area contributed by atoms with E-state index in [1.54, 1.807) is 0 Å². The van der Waals surface area contributed by atoms with E-state index >= 15 is 0 Å². The highest BCUT2D eigenvalue weighted by atomic mass is 31.2. The lowest BCUT2D eigenvalue weighted by atomic mass is 10.1. The minimum atomic E-state index is -4.82. The van der Waals surface area contributed by atoms with Gasteiger partial charge in [0.15, 0.2) is 22.9 Å². The minimum absolute atomic E-state index is 0.000570. The molecule has 7 rings (SSSR count). The summed E-state index contributed by atoms with van der Waals surface area (Å²) in [6.45, 7) is -1.04. The number of phosphoric ester groups is 2. The van der Waals surface area contributed by atoms with Crippen LogP contribution in [0, 0.1) is 5.92 Å². The van der Waals surface area contributed by atoms with Crippen LogP contribution in [-0.2, 0) is 32.0 Å². The van der Waals surface area contributed by atoms with E-state index in [-0.39, 0.29) is 24.5 Å². The first kappa shape index (κ1) is 28.6. The molecule has 0 bridgehead atoms. The Morgan fingerprint density at radius 3 is 2.09 bits per heavy atom. The SMILES string of the molecule is Nc1ncnc2c1ncn2[C@@H]1C[C@@H]2COP(=O)(O)O[C@@H]3C[C@H](n4cnc5c(N)ncnc54)O[C@@H]3COP(=O)(O)OC2[C@@H]1O. The summed E-state index contributed by atoms with van der Waals surface area (Å²) in [5.74, 6) is -0.578. The van der Waals surface area contributed by atoms with Gasteiger partial charge in [-0.25, -0.2) is 39.0 Å². The first-order valence-corrected chi connectivity index (χ1v) is 16.0. The summed E-state index contributed by atoms with van der Waals surface area (Å²) in [6, 6.07) is -0.784. The Labute approximate surface area is 241 Å². The quantitative estimate of drug-likeness (QED) is 0.181. The van der Waals surface area contributed by atoms with Crippen molar-refractivity contribution >= 4 is 49.6 Å². The van der Waals surface area contributed by atoms with Gasteiger partial charge in [0.05, 0.1) is 31.9 Å². The lowest BCUT2D eigenvalue weighted by molar-refractivity contribution is -0.0585. The number of aliphatic hydroxyl groups is 1. The molecule has 230 valence electrons. The summed E-state index contributed by atoms with van der Waals surface area (Å²) in [6.07, 6.45) is -0.451. The Morgan fingerprint density at radius 2 is 1.40 bits per heavy atom. The zero-order valence-corrected chi connectivity index (χ0v) is 23.8. The van der Waals surface area contributed by atoms with Crippen LogP contribution in [0.15, 0.2) is 25.3 Å². The van der Waals surface area contributed by atoms with Gasteiger partial charge in [-0.3, -0.25) is 22.7 Å². The summed E-state index contributed by atoms with van der Waals surface area (Å²) in [5, 5.41) is 11.2. The van der Waals surface area contributed by atoms with Crippen molar-refractivity contribution in [2.24, 2.45) is 5.92 Å². The molecule has 4 aromatic rings. The van der Waals surface area contributed by atoms with Gasteiger partial charge in [0.25, 0.3) is 0 Å². The Balaban J connectivity index is 1.15. The zero-order valence-electron chi connectivity index (χ0n) is 22.0. The number of aliphatic hydroxyl groups excluding tert-OH is 1. The highest BCUT2D eigenvalue weighted by Crippen LogP contribution is 2.55. The summed E-state index contributed by atoms with van der Waals surface area (Å²) < 4.78 is 56.8. The number of nitrogens with zero attached hydrogens (tertiary/aromatic N) is 8. The first-order valence-electron chi connectivity index (χ1n) is 13.0. The molecule has 0 spiro atoms. The largest absolute Gasteiger partial charge is 0.472 e. The number of aromatic nitrogens is 8. The van der Waals surface area contributed by atoms with Gasteiger partial charge in [-0.05, 0) is 6.42 Å². The van der Waals surface area contributed by atoms with Gasteiger partial charge in [-0.15, -0.1) is 0 Å². The number of ether oxygens (including phenoxy) is 1. The van der Waals surface area contributed by atoms with Gasteiger partial charge < -0.3 is 35.7 Å². The van der Waals surface area contributed by atoms with Crippen LogP contribution in [0.1, 0.15) is 25.1 Å². The normalized spacial score (nSPS) is 37.1. The topological polar surface area (TPSA) is 280 Å². The van der Waals surface area contributed by atoms with E-state index in [1.165, 1.54) is 34.4 Å². The molecule has 1 aliphatic carbocycles. The number of imidazole rings is 2. The fraction of sp³-hybridized carbons (Fsp3) is 0.524. The number of phosphoric acid groups is 2. The molecule has 0 amide bonds. The molecule has 4 aromatic heterocycles. The molecule has 0 radical (unpaired) electrons. The molecule has 1 saturated carbocycles. The van der Waals surface area contributed by atoms with Crippen molar-refractivity contribution in [3.63, 3.8) is 0 Å². The van der Waals surface area contributed by atoms with E-state index in [2.05, 4.69) is 29.9 Å². The maximum Gasteiger partial charge on any atom is 0.472 e. The third kappa shape index (κ3) is 5.18. The van der Waals surface area contributed by atoms with Gasteiger partial charge in [0.1, 0.15) is 54.3 Å². The monoisotopic (exact) mass is 640 g/mol. The number of fused-ring (bicyclic) bond motifs is 4. The van der Waals surface area contributed by atoms with Crippen LogP contribution in [0.4, 0.5) is 11.6 Å². The molecule has 43 heavy (non-hydrogen) atoms. The van der Waals surface area contributed by atoms with Crippen molar-refractivity contribution in [3.8, 4) is 0 Å². The number of rotatable bonds is 2. The second-order valence-electron chi connectivity index (χ2n) is 10.3. The van der Waals surface area contributed by atoms with Crippen molar-refractivity contribution in [1.82, 2.24) is 39.0 Å². The number of hydrogen-bond donors (Lipinski definition) is 5. The van der Waals surface area contributed by atoms with Gasteiger partial charge >= 0.3 is 15.6 Å². The first-order chi connectivity index (χ1) is 20.5. The number of anilines is 2. The lowest BCUT2D eigenvalue weighted by Crippen LogP contribution is -2.34. The molecule has 0 aromatic carbocycles. The maximum absolute atomic E-state index is 13.1. The maximum atomic E-state index is 13.1. The molecular formula is C21H26N10O10P2. The van der Waals surface area contributed by atoms with Gasteiger partial charge in [-0.2, -0.15) is 0 Å². The molecule has 7 N–H and O–H groups in total. The van der Waals surface area contributed by atoms with Crippen molar-refractivity contribution in [2.45, 2.75) is 49.5 Å². The third-order valence-corrected chi connectivity index (χ3v) is 9.74. The molecule has 2 saturated heterocycles. The average molecular weight is 640 g/mol. The molecular weight excluding hydrogens is 614 g/mol. The number of hydrogen-bond acceptors (Lipinski definition) is 16. The van der Waals surface area contributed by atoms with Crippen LogP contribution >= 0.6 is 15.6 Å². The van der Waals surface area contributed by atoms with E-state index in [0.29, 0.717) is 22.3 Å². The van der Waals surface area contributed by atoms with E-state index in [9.17, 15) is 24.0 Å². The number of nitrogen functional groups attached to an aromatic ring is 2. The predicted molar refractivity (Wildman–Crippen MR) is 142 cm³/mol. The van der Waals surface area contributed by atoms with Gasteiger partial charge in [-0.1, -0.05) is 0 Å². The second-order valence-corrected chi connectivity index (χ2v) is 13.1. The minimum Gasteiger partial charge on any atom is -0.388 e. The van der Waals surface area contributed by atoms with Crippen LogP contribution < -0.4 is 11.5 Å². The highest BCUT2D eigenvalue weighted by Gasteiger charge is 2.51. The van der Waals surface area contributed by atoms with Crippen molar-refractivity contribution < 1.29 is 46.9 Å². The fourth-order valence-corrected chi connectivity index (χ4v) is 7.75. The second kappa shape index (κ2) is 10.5. The molecule has 9 atom stereocenters. The lowest BCUT2D eigenvalue weighted by Gasteiger charge is -2.28. The van der Waals surface area contributed by atoms with E-state index in [1.807, 2.05) is 0 Å². The average Bonchev–Trinajstić information content (AvgIpc) is 3.72. The molecule has 6 heterocycles. The van der Waals surface area contributed by atoms with Crippen LogP contribution in [0.2, 0.25) is 0 Å². The van der Waals surface area contributed by atoms with E-state index in [4.69, 9.17) is 34.3 Å². The van der Waals surface area contributed by atoms with Crippen molar-refractivity contribution in [1.29, 1.82) is 0 Å². The predicted octanol–water partition coefficient (Wildman–Crippen LogP) is 0.0580. The molecule has 22 heteroatoms. The fourth-order valence-electron chi connectivity index (χ4n) is 5.74. The molecule has 3 unspecified atom stereocenters. The molecule has 2 aliphatic heterocycles. The summed E-state index contributed by atoms with van der Waals surface area (Å²) in [7, 11) is -9.55. The molecule has 20 nitrogen and oxygen atoms in total. The van der Waals surface area contributed by atoms with E-state index in [0.717, 1.165) is 0 Å². The van der Waals surface area contributed by atoms with Crippen molar-refractivity contribution in [2.75, 3.05) is 24.7 Å². The van der Waals surface area contributed by atoms with Crippen LogP contribution in [-0.4, -0.2) is 91.6 Å². The van der Waals surface area contributed by atoms with E-state index < -0.39 is 71.5 Å². The number of nitrogens with two attached hydrogens (primary N) is 2. The zero-order chi connectivity index (χ0) is 30.1. The van der Waals surface area contributed by atoms with Crippen LogP contribution in [0.25, 0.3) is 22.3 Å². The smallest absolute Gasteiger partial charge is 0.388 e. The molecule has 3 fully saturated rings. The Kier molecular flexibility index (Phi) is 6.97. The standard InChI is InChI=1S/C21H26N10O10P2/c22-18-14-20(26-5-24-18)30(7-28-14)10-1-9-3-37-42(33,34)40-11-2-13(31-8-29-15-19(23)25-6-27-21(15)31)39-12(11)4-38-43(35,36)41-17(9)16(10)32/h5-13,16-17,32H,1-4H2,(H,33,34)(H,35,36)(H2,22,24,26)(H2,23,25,27)/t9-,10-,11-,12-,13-,16-,17?/m1/s1. The van der Waals surface area contributed by atoms with Crippen LogP contribution in [0.5, 0.6) is 0 Å². The molecule has 3 aliphatic rings. The van der Waals surface area contributed by atoms with Crippen LogP contribution in [0.3, 0.4) is 0 Å². The van der Waals surface area contributed by atoms with Gasteiger partial charge in [0.2, 0.25) is 0 Å². The third-order valence-electron chi connectivity index (χ3n) is 7.74.